The summed E-state index contributed by atoms with van der Waals surface area (Å²) in [6.07, 6.45) is 3.29. The number of nitrogens with one attached hydrogen (secondary N) is 1. The number of furan rings is 1. The average molecular weight is 432 g/mol. The van der Waals surface area contributed by atoms with Crippen molar-refractivity contribution in [3.63, 3.8) is 0 Å². The molecule has 0 aliphatic heterocycles. The van der Waals surface area contributed by atoms with Crippen molar-refractivity contribution in [2.24, 2.45) is 0 Å². The lowest BCUT2D eigenvalue weighted by Crippen LogP contribution is -2.14. The van der Waals surface area contributed by atoms with Crippen molar-refractivity contribution in [2.75, 3.05) is 18.2 Å². The largest absolute Gasteiger partial charge is 0.495 e. The molecular weight excluding hydrogens is 416 g/mol. The third kappa shape index (κ3) is 3.82. The van der Waals surface area contributed by atoms with E-state index in [0.29, 0.717) is 28.1 Å². The lowest BCUT2D eigenvalue weighted by Gasteiger charge is -2.09. The Labute approximate surface area is 180 Å². The third-order valence-corrected chi connectivity index (χ3v) is 5.45. The molecule has 154 valence electrons. The van der Waals surface area contributed by atoms with Gasteiger partial charge >= 0.3 is 0 Å². The fourth-order valence-corrected chi connectivity index (χ4v) is 3.77. The Hall–Kier alpha value is -3.85. The van der Waals surface area contributed by atoms with Crippen LogP contribution in [0.4, 0.5) is 5.69 Å². The highest BCUT2D eigenvalue weighted by atomic mass is 32.2. The predicted octanol–water partition coefficient (Wildman–Crippen LogP) is 4.77. The van der Waals surface area contributed by atoms with Gasteiger partial charge in [0.25, 0.3) is 5.22 Å². The molecule has 3 aromatic heterocycles. The van der Waals surface area contributed by atoms with Gasteiger partial charge < -0.3 is 18.9 Å². The first-order valence-corrected chi connectivity index (χ1v) is 10.4. The van der Waals surface area contributed by atoms with Gasteiger partial charge in [-0.2, -0.15) is 0 Å². The number of benzene rings is 2. The summed E-state index contributed by atoms with van der Waals surface area (Å²) >= 11 is 1.15. The van der Waals surface area contributed by atoms with Crippen LogP contribution in [-0.2, 0) is 4.79 Å². The van der Waals surface area contributed by atoms with E-state index >= 15 is 0 Å². The molecule has 9 heteroatoms. The summed E-state index contributed by atoms with van der Waals surface area (Å²) in [6.45, 7) is 0. The Morgan fingerprint density at radius 2 is 1.87 bits per heavy atom. The quantitative estimate of drug-likeness (QED) is 0.383. The first kappa shape index (κ1) is 19.1. The van der Waals surface area contributed by atoms with Crippen LogP contribution < -0.4 is 10.1 Å². The molecule has 8 nitrogen and oxygen atoms in total. The summed E-state index contributed by atoms with van der Waals surface area (Å²) in [6, 6.07) is 14.9. The molecule has 5 aromatic rings. The number of pyridine rings is 1. The maximum atomic E-state index is 12.5. The molecule has 31 heavy (non-hydrogen) atoms. The number of amides is 1. The number of aromatic nitrogens is 3. The molecule has 0 bridgehead atoms. The Balaban J connectivity index is 1.31. The van der Waals surface area contributed by atoms with Gasteiger partial charge in [0.2, 0.25) is 11.8 Å². The third-order valence-electron chi connectivity index (χ3n) is 4.63. The SMILES string of the molecule is COc1cc2c(cc1NC(=O)CSc1nnc(-c3ccncc3)o1)oc1ccccc12. The minimum atomic E-state index is -0.234. The molecular formula is C22H16N4O4S. The van der Waals surface area contributed by atoms with Gasteiger partial charge in [0.05, 0.1) is 18.6 Å². The molecule has 2 aromatic carbocycles. The summed E-state index contributed by atoms with van der Waals surface area (Å²) in [5.41, 5.74) is 2.74. The molecule has 0 saturated heterocycles. The Kier molecular flexibility index (Phi) is 5.01. The number of carbonyl (C=O) groups is 1. The molecule has 0 aliphatic rings. The van der Waals surface area contributed by atoms with Crippen LogP contribution in [0.2, 0.25) is 0 Å². The van der Waals surface area contributed by atoms with Gasteiger partial charge in [0.15, 0.2) is 0 Å². The van der Waals surface area contributed by atoms with E-state index in [4.69, 9.17) is 13.6 Å². The number of para-hydroxylation sites is 1. The van der Waals surface area contributed by atoms with Gasteiger partial charge in [-0.05, 0) is 24.3 Å². The van der Waals surface area contributed by atoms with E-state index in [1.165, 1.54) is 0 Å². The van der Waals surface area contributed by atoms with E-state index in [2.05, 4.69) is 20.5 Å². The minimum absolute atomic E-state index is 0.0965. The second-order valence-corrected chi connectivity index (χ2v) is 7.52. The van der Waals surface area contributed by atoms with Crippen molar-refractivity contribution in [1.29, 1.82) is 0 Å². The van der Waals surface area contributed by atoms with Crippen LogP contribution in [0.25, 0.3) is 33.4 Å². The lowest BCUT2D eigenvalue weighted by atomic mass is 10.1. The maximum Gasteiger partial charge on any atom is 0.277 e. The number of hydrogen-bond donors (Lipinski definition) is 1. The molecule has 0 unspecified atom stereocenters. The number of ether oxygens (including phenoxy) is 1. The molecule has 0 atom stereocenters. The van der Waals surface area contributed by atoms with Crippen LogP contribution in [0.15, 0.2) is 75.0 Å². The zero-order valence-electron chi connectivity index (χ0n) is 16.4. The van der Waals surface area contributed by atoms with Crippen molar-refractivity contribution in [1.82, 2.24) is 15.2 Å². The van der Waals surface area contributed by atoms with Crippen LogP contribution in [0.5, 0.6) is 5.75 Å². The molecule has 5 rings (SSSR count). The van der Waals surface area contributed by atoms with E-state index in [0.717, 1.165) is 33.7 Å². The lowest BCUT2D eigenvalue weighted by molar-refractivity contribution is -0.113. The van der Waals surface area contributed by atoms with Crippen LogP contribution in [0, 0.1) is 0 Å². The van der Waals surface area contributed by atoms with E-state index in [-0.39, 0.29) is 11.7 Å². The van der Waals surface area contributed by atoms with Crippen molar-refractivity contribution >= 4 is 45.3 Å². The fourth-order valence-electron chi connectivity index (χ4n) is 3.21. The van der Waals surface area contributed by atoms with Crippen molar-refractivity contribution in [3.05, 3.63) is 60.9 Å². The van der Waals surface area contributed by atoms with E-state index in [1.807, 2.05) is 30.3 Å². The molecule has 0 radical (unpaired) electrons. The van der Waals surface area contributed by atoms with E-state index in [1.54, 1.807) is 37.7 Å². The summed E-state index contributed by atoms with van der Waals surface area (Å²) in [5.74, 6) is 0.791. The molecule has 1 N–H and O–H groups in total. The molecule has 0 spiro atoms. The van der Waals surface area contributed by atoms with Gasteiger partial charge in [-0.3, -0.25) is 9.78 Å². The number of carbonyl (C=O) groups excluding carboxylic acids is 1. The standard InChI is InChI=1S/C22H16N4O4S/c1-28-19-10-15-14-4-2-3-5-17(14)29-18(15)11-16(19)24-20(27)12-31-22-26-25-21(30-22)13-6-8-23-9-7-13/h2-11H,12H2,1H3,(H,24,27). The van der Waals surface area contributed by atoms with Crippen molar-refractivity contribution < 1.29 is 18.4 Å². The highest BCUT2D eigenvalue weighted by Gasteiger charge is 2.15. The summed E-state index contributed by atoms with van der Waals surface area (Å²) in [7, 11) is 1.56. The number of fused-ring (bicyclic) bond motifs is 3. The topological polar surface area (TPSA) is 103 Å². The van der Waals surface area contributed by atoms with Crippen LogP contribution >= 0.6 is 11.8 Å². The first-order valence-electron chi connectivity index (χ1n) is 9.37. The zero-order valence-corrected chi connectivity index (χ0v) is 17.2. The highest BCUT2D eigenvalue weighted by Crippen LogP contribution is 2.36. The maximum absolute atomic E-state index is 12.5. The smallest absolute Gasteiger partial charge is 0.277 e. The second-order valence-electron chi connectivity index (χ2n) is 6.59. The van der Waals surface area contributed by atoms with Crippen molar-refractivity contribution in [3.8, 4) is 17.2 Å². The minimum Gasteiger partial charge on any atom is -0.495 e. The van der Waals surface area contributed by atoms with Gasteiger partial charge in [-0.15, -0.1) is 10.2 Å². The molecule has 0 fully saturated rings. The normalized spacial score (nSPS) is 11.1. The first-order chi connectivity index (χ1) is 15.2. The Bertz CT molecular complexity index is 1380. The van der Waals surface area contributed by atoms with Crippen LogP contribution in [-0.4, -0.2) is 34.0 Å². The zero-order chi connectivity index (χ0) is 21.2. The van der Waals surface area contributed by atoms with Gasteiger partial charge in [-0.1, -0.05) is 30.0 Å². The summed E-state index contributed by atoms with van der Waals surface area (Å²) < 4.78 is 17.0. The van der Waals surface area contributed by atoms with Crippen LogP contribution in [0.3, 0.4) is 0 Å². The Morgan fingerprint density at radius 1 is 1.03 bits per heavy atom. The number of nitrogens with zero attached hydrogens (tertiary/aromatic N) is 3. The predicted molar refractivity (Wildman–Crippen MR) is 117 cm³/mol. The molecule has 0 saturated carbocycles. The molecule has 0 aliphatic carbocycles. The number of methoxy groups -OCH3 is 1. The van der Waals surface area contributed by atoms with Crippen molar-refractivity contribution in [2.45, 2.75) is 5.22 Å². The van der Waals surface area contributed by atoms with E-state index < -0.39 is 0 Å². The van der Waals surface area contributed by atoms with Gasteiger partial charge in [0, 0.05) is 34.8 Å². The molecule has 3 heterocycles. The number of anilines is 1. The second kappa shape index (κ2) is 8.11. The number of thioether (sulfide) groups is 1. The fraction of sp³-hybridized carbons (Fsp3) is 0.0909. The van der Waals surface area contributed by atoms with Gasteiger partial charge in [0.1, 0.15) is 16.9 Å². The highest BCUT2D eigenvalue weighted by molar-refractivity contribution is 7.99. The van der Waals surface area contributed by atoms with E-state index in [9.17, 15) is 4.79 Å². The summed E-state index contributed by atoms with van der Waals surface area (Å²) in [5, 5.41) is 13.1. The number of rotatable bonds is 6. The summed E-state index contributed by atoms with van der Waals surface area (Å²) in [4.78, 5) is 16.5. The van der Waals surface area contributed by atoms with Crippen LogP contribution in [0.1, 0.15) is 0 Å². The average Bonchev–Trinajstić information content (AvgIpc) is 3.42. The van der Waals surface area contributed by atoms with Gasteiger partial charge in [-0.25, -0.2) is 0 Å². The Morgan fingerprint density at radius 3 is 2.71 bits per heavy atom. The monoisotopic (exact) mass is 432 g/mol. The number of hydrogen-bond acceptors (Lipinski definition) is 8. The molecule has 1 amide bonds.